The quantitative estimate of drug-likeness (QED) is 0.244. The zero-order valence-corrected chi connectivity index (χ0v) is 5.01. The Balaban J connectivity index is 0. The van der Waals surface area contributed by atoms with Gasteiger partial charge in [-0.3, -0.25) is 4.79 Å². The second kappa shape index (κ2) is 9.77. The minimum absolute atomic E-state index is 0.329. The molecule has 0 aliphatic heterocycles. The highest BCUT2D eigenvalue weighted by atomic mass is 16.5. The molecule has 0 rings (SSSR count). The zero-order valence-electron chi connectivity index (χ0n) is 5.01. The fourth-order valence-electron chi connectivity index (χ4n) is 0.117. The molecule has 4 nitrogen and oxygen atoms in total. The summed E-state index contributed by atoms with van der Waals surface area (Å²) < 4.78 is 4.17. The Bertz CT molecular complexity index is 124. The van der Waals surface area contributed by atoms with E-state index in [0.717, 1.165) is 12.3 Å². The first-order chi connectivity index (χ1) is 4.18. The third-order valence-corrected chi connectivity index (χ3v) is 0.249. The summed E-state index contributed by atoms with van der Waals surface area (Å²) in [4.78, 5) is 18.1. The number of nitrogens with one attached hydrogen (secondary N) is 1. The van der Waals surface area contributed by atoms with E-state index in [2.05, 4.69) is 11.3 Å². The molecule has 0 heterocycles. The van der Waals surface area contributed by atoms with E-state index in [1.807, 2.05) is 0 Å². The van der Waals surface area contributed by atoms with Crippen LogP contribution in [0.2, 0.25) is 0 Å². The molecular weight excluding hydrogens is 122 g/mol. The summed E-state index contributed by atoms with van der Waals surface area (Å²) in [6.07, 6.45) is 1.85. The molecule has 0 aliphatic carbocycles. The van der Waals surface area contributed by atoms with E-state index >= 15 is 0 Å². The molecule has 0 radical (unpaired) electrons. The average molecular weight is 129 g/mol. The molecule has 0 bridgehead atoms. The molecule has 0 aromatic carbocycles. The molecule has 0 spiro atoms. The molecule has 0 fully saturated rings. The molecule has 0 amide bonds. The van der Waals surface area contributed by atoms with Crippen LogP contribution in [0.5, 0.6) is 0 Å². The van der Waals surface area contributed by atoms with Crippen LogP contribution in [0.15, 0.2) is 12.8 Å². The summed E-state index contributed by atoms with van der Waals surface area (Å²) in [5.74, 6) is -0.329. The van der Waals surface area contributed by atoms with Gasteiger partial charge in [0.25, 0.3) is 0 Å². The highest BCUT2D eigenvalue weighted by Gasteiger charge is 1.79. The minimum atomic E-state index is -0.329. The second-order valence-corrected chi connectivity index (χ2v) is 0.878. The molecule has 0 aromatic rings. The Morgan fingerprint density at radius 3 is 2.22 bits per heavy atom. The topological polar surface area (TPSA) is 67.2 Å². The van der Waals surface area contributed by atoms with E-state index in [9.17, 15) is 4.79 Å². The van der Waals surface area contributed by atoms with Crippen molar-refractivity contribution in [1.82, 2.24) is 0 Å². The maximum Gasteiger partial charge on any atom is 0.307 e. The molecule has 0 aromatic heterocycles. The number of carbonyl (C=O) groups excluding carboxylic acids is 2. The molecule has 0 unspecified atom stereocenters. The summed E-state index contributed by atoms with van der Waals surface area (Å²) in [7, 11) is 0. The van der Waals surface area contributed by atoms with Gasteiger partial charge in [-0.1, -0.05) is 6.58 Å². The van der Waals surface area contributed by atoms with E-state index in [4.69, 9.17) is 10.2 Å². The van der Waals surface area contributed by atoms with Crippen molar-refractivity contribution in [1.29, 1.82) is 5.41 Å². The predicted molar refractivity (Wildman–Crippen MR) is 30.4 cm³/mol. The van der Waals surface area contributed by atoms with E-state index in [0.29, 0.717) is 0 Å². The molecule has 9 heavy (non-hydrogen) atoms. The Labute approximate surface area is 52.6 Å². The van der Waals surface area contributed by atoms with Crippen LogP contribution < -0.4 is 0 Å². The lowest BCUT2D eigenvalue weighted by molar-refractivity contribution is -0.135. The van der Waals surface area contributed by atoms with Crippen molar-refractivity contribution in [2.75, 3.05) is 0 Å². The molecule has 0 atom stereocenters. The van der Waals surface area contributed by atoms with E-state index in [1.165, 1.54) is 6.92 Å². The van der Waals surface area contributed by atoms with Gasteiger partial charge in [-0.2, -0.15) is 0 Å². The maximum absolute atomic E-state index is 9.75. The lowest BCUT2D eigenvalue weighted by Gasteiger charge is -1.83. The summed E-state index contributed by atoms with van der Waals surface area (Å²) >= 11 is 0. The number of hydrogen-bond acceptors (Lipinski definition) is 4. The molecule has 0 aliphatic rings. The third kappa shape index (κ3) is 54.9. The van der Waals surface area contributed by atoms with Crippen LogP contribution in [-0.2, 0) is 14.3 Å². The summed E-state index contributed by atoms with van der Waals surface area (Å²) in [6, 6.07) is 0. The molecule has 0 saturated heterocycles. The summed E-state index contributed by atoms with van der Waals surface area (Å²) in [5.41, 5.74) is 0. The van der Waals surface area contributed by atoms with Crippen LogP contribution in [0.1, 0.15) is 6.92 Å². The van der Waals surface area contributed by atoms with Gasteiger partial charge in [0.1, 0.15) is 0 Å². The van der Waals surface area contributed by atoms with E-state index in [-0.39, 0.29) is 5.97 Å². The SMILES string of the molecule is C=COC(C)=O.N=C=O. The standard InChI is InChI=1S/C4H6O2.CHNO/c1-3-6-4(2)5;2-1-3/h3H,1H2,2H3;2H. The van der Waals surface area contributed by atoms with Gasteiger partial charge in [0, 0.05) is 6.92 Å². The van der Waals surface area contributed by atoms with Gasteiger partial charge >= 0.3 is 5.97 Å². The fraction of sp³-hybridized carbons (Fsp3) is 0.200. The molecular formula is C5H7NO3. The second-order valence-electron chi connectivity index (χ2n) is 0.878. The van der Waals surface area contributed by atoms with Gasteiger partial charge in [0.2, 0.25) is 6.08 Å². The fourth-order valence-corrected chi connectivity index (χ4v) is 0.117. The minimum Gasteiger partial charge on any atom is -0.435 e. The van der Waals surface area contributed by atoms with Crippen LogP contribution in [0.4, 0.5) is 0 Å². The molecule has 0 saturated carbocycles. The molecule has 1 N–H and O–H groups in total. The lowest BCUT2D eigenvalue weighted by atomic mass is 10.8. The molecule has 4 heteroatoms. The van der Waals surface area contributed by atoms with Crippen molar-refractivity contribution in [3.63, 3.8) is 0 Å². The van der Waals surface area contributed by atoms with Crippen molar-refractivity contribution < 1.29 is 14.3 Å². The number of rotatable bonds is 1. The summed E-state index contributed by atoms with van der Waals surface area (Å²) in [5, 5.41) is 5.40. The zero-order chi connectivity index (χ0) is 7.70. The summed E-state index contributed by atoms with van der Waals surface area (Å²) in [6.45, 7) is 4.48. The first-order valence-electron chi connectivity index (χ1n) is 2.01. The number of ether oxygens (including phenoxy) is 1. The van der Waals surface area contributed by atoms with Crippen molar-refractivity contribution >= 4 is 12.0 Å². The van der Waals surface area contributed by atoms with Crippen molar-refractivity contribution in [2.45, 2.75) is 6.92 Å². The Morgan fingerprint density at radius 2 is 2.22 bits per heavy atom. The first kappa shape index (κ1) is 10.5. The van der Waals surface area contributed by atoms with Gasteiger partial charge in [-0.15, -0.1) is 0 Å². The van der Waals surface area contributed by atoms with Crippen LogP contribution in [0, 0.1) is 5.41 Å². The number of carbonyl (C=O) groups is 1. The highest BCUT2D eigenvalue weighted by Crippen LogP contribution is 1.70. The van der Waals surface area contributed by atoms with Crippen LogP contribution in [-0.4, -0.2) is 12.0 Å². The largest absolute Gasteiger partial charge is 0.435 e. The van der Waals surface area contributed by atoms with Crippen molar-refractivity contribution in [3.8, 4) is 0 Å². The number of hydrogen-bond donors (Lipinski definition) is 1. The average Bonchev–Trinajstić information content (AvgIpc) is 1.67. The van der Waals surface area contributed by atoms with Crippen LogP contribution in [0.3, 0.4) is 0 Å². The Hall–Kier alpha value is -1.41. The van der Waals surface area contributed by atoms with Gasteiger partial charge in [-0.25, -0.2) is 10.2 Å². The monoisotopic (exact) mass is 129 g/mol. The Morgan fingerprint density at radius 1 is 1.89 bits per heavy atom. The van der Waals surface area contributed by atoms with Crippen LogP contribution >= 0.6 is 0 Å². The van der Waals surface area contributed by atoms with Crippen LogP contribution in [0.25, 0.3) is 0 Å². The van der Waals surface area contributed by atoms with Gasteiger partial charge in [0.05, 0.1) is 6.26 Å². The smallest absolute Gasteiger partial charge is 0.307 e. The normalized spacial score (nSPS) is 5.44. The Kier molecular flexibility index (Phi) is 11.5. The predicted octanol–water partition coefficient (Wildman–Crippen LogP) is 0.594. The number of isocyanates is 1. The first-order valence-corrected chi connectivity index (χ1v) is 2.01. The van der Waals surface area contributed by atoms with Crippen molar-refractivity contribution in [3.05, 3.63) is 12.8 Å². The van der Waals surface area contributed by atoms with E-state index in [1.54, 1.807) is 0 Å². The third-order valence-electron chi connectivity index (χ3n) is 0.249. The van der Waals surface area contributed by atoms with Gasteiger partial charge in [-0.05, 0) is 0 Å². The number of esters is 1. The van der Waals surface area contributed by atoms with Gasteiger partial charge < -0.3 is 4.74 Å². The van der Waals surface area contributed by atoms with Gasteiger partial charge in [0.15, 0.2) is 0 Å². The lowest BCUT2D eigenvalue weighted by Crippen LogP contribution is -1.87. The highest BCUT2D eigenvalue weighted by molar-refractivity contribution is 5.66. The maximum atomic E-state index is 9.75. The molecule has 50 valence electrons. The van der Waals surface area contributed by atoms with E-state index < -0.39 is 0 Å². The van der Waals surface area contributed by atoms with Crippen molar-refractivity contribution in [2.24, 2.45) is 0 Å².